The van der Waals surface area contributed by atoms with Gasteiger partial charge in [0.2, 0.25) is 0 Å². The summed E-state index contributed by atoms with van der Waals surface area (Å²) in [6.07, 6.45) is 0. The predicted octanol–water partition coefficient (Wildman–Crippen LogP) is 5.41. The van der Waals surface area contributed by atoms with Gasteiger partial charge < -0.3 is 4.74 Å². The van der Waals surface area contributed by atoms with Gasteiger partial charge in [0.1, 0.15) is 23.1 Å². The van der Waals surface area contributed by atoms with Crippen LogP contribution in [0.2, 0.25) is 0 Å². The van der Waals surface area contributed by atoms with Gasteiger partial charge in [-0.15, -0.1) is 0 Å². The molecule has 2 aromatic rings. The lowest BCUT2D eigenvalue weighted by molar-refractivity contribution is 0.479. The Hall–Kier alpha value is -1.79. The number of ether oxygens (including phenoxy) is 1. The molecule has 0 fully saturated rings. The summed E-state index contributed by atoms with van der Waals surface area (Å²) < 4.78 is 6.54. The number of nitrogens with zero attached hydrogens (tertiary/aromatic N) is 1. The fraction of sp³-hybridized carbons (Fsp3) is 0.235. The molecule has 0 saturated carbocycles. The van der Waals surface area contributed by atoms with Crippen molar-refractivity contribution in [3.8, 4) is 17.6 Å². The normalized spacial score (nSPS) is 10.9. The van der Waals surface area contributed by atoms with Gasteiger partial charge in [-0.1, -0.05) is 39.0 Å². The first-order valence-electron chi connectivity index (χ1n) is 6.39. The van der Waals surface area contributed by atoms with E-state index in [1.807, 2.05) is 24.3 Å². The summed E-state index contributed by atoms with van der Waals surface area (Å²) in [6.45, 7) is 6.51. The van der Waals surface area contributed by atoms with Crippen LogP contribution < -0.4 is 4.74 Å². The van der Waals surface area contributed by atoms with Gasteiger partial charge in [0.25, 0.3) is 0 Å². The van der Waals surface area contributed by atoms with E-state index in [2.05, 4.69) is 54.9 Å². The maximum Gasteiger partial charge on any atom is 0.146 e. The van der Waals surface area contributed by atoms with Crippen molar-refractivity contribution < 1.29 is 4.74 Å². The zero-order valence-electron chi connectivity index (χ0n) is 11.8. The third-order valence-electron chi connectivity index (χ3n) is 3.04. The van der Waals surface area contributed by atoms with Crippen LogP contribution in [-0.2, 0) is 5.41 Å². The Kier molecular flexibility index (Phi) is 4.15. The minimum atomic E-state index is 0.117. The van der Waals surface area contributed by atoms with Crippen molar-refractivity contribution in [2.24, 2.45) is 0 Å². The standard InChI is InChI=1S/C17H16BrNO/c1-17(2,3)12-7-9-13(10-8-12)20-16-6-4-5-15(18)14(16)11-19/h4-10H,1-3H3. The summed E-state index contributed by atoms with van der Waals surface area (Å²) in [5.41, 5.74) is 1.87. The third-order valence-corrected chi connectivity index (χ3v) is 3.70. The predicted molar refractivity (Wildman–Crippen MR) is 84.1 cm³/mol. The summed E-state index contributed by atoms with van der Waals surface area (Å²) in [5.74, 6) is 1.29. The zero-order valence-corrected chi connectivity index (χ0v) is 13.4. The quantitative estimate of drug-likeness (QED) is 0.737. The van der Waals surface area contributed by atoms with Crippen LogP contribution in [0.25, 0.3) is 0 Å². The summed E-state index contributed by atoms with van der Waals surface area (Å²) in [6, 6.07) is 15.6. The van der Waals surface area contributed by atoms with Crippen molar-refractivity contribution in [2.75, 3.05) is 0 Å². The van der Waals surface area contributed by atoms with E-state index in [9.17, 15) is 0 Å². The molecule has 102 valence electrons. The molecular weight excluding hydrogens is 314 g/mol. The maximum absolute atomic E-state index is 9.17. The van der Waals surface area contributed by atoms with Crippen molar-refractivity contribution in [2.45, 2.75) is 26.2 Å². The second kappa shape index (κ2) is 5.68. The smallest absolute Gasteiger partial charge is 0.146 e. The number of rotatable bonds is 2. The fourth-order valence-corrected chi connectivity index (χ4v) is 2.28. The highest BCUT2D eigenvalue weighted by Crippen LogP contribution is 2.31. The monoisotopic (exact) mass is 329 g/mol. The van der Waals surface area contributed by atoms with Crippen LogP contribution in [0.5, 0.6) is 11.5 Å². The topological polar surface area (TPSA) is 33.0 Å². The van der Waals surface area contributed by atoms with E-state index in [1.54, 1.807) is 6.07 Å². The van der Waals surface area contributed by atoms with E-state index in [0.717, 1.165) is 10.2 Å². The van der Waals surface area contributed by atoms with Crippen molar-refractivity contribution in [3.05, 3.63) is 58.1 Å². The Morgan fingerprint density at radius 2 is 1.70 bits per heavy atom. The van der Waals surface area contributed by atoms with Gasteiger partial charge in [0.15, 0.2) is 0 Å². The molecule has 0 saturated heterocycles. The average molecular weight is 330 g/mol. The minimum Gasteiger partial charge on any atom is -0.456 e. The molecule has 0 unspecified atom stereocenters. The van der Waals surface area contributed by atoms with E-state index in [0.29, 0.717) is 11.3 Å². The second-order valence-electron chi connectivity index (χ2n) is 5.60. The van der Waals surface area contributed by atoms with Gasteiger partial charge in [0.05, 0.1) is 0 Å². The first-order valence-corrected chi connectivity index (χ1v) is 7.18. The van der Waals surface area contributed by atoms with E-state index in [-0.39, 0.29) is 5.41 Å². The highest BCUT2D eigenvalue weighted by molar-refractivity contribution is 9.10. The van der Waals surface area contributed by atoms with E-state index in [4.69, 9.17) is 10.00 Å². The van der Waals surface area contributed by atoms with Crippen LogP contribution in [0.3, 0.4) is 0 Å². The van der Waals surface area contributed by atoms with Crippen molar-refractivity contribution in [1.82, 2.24) is 0 Å². The highest BCUT2D eigenvalue weighted by atomic mass is 79.9. The molecule has 2 rings (SSSR count). The van der Waals surface area contributed by atoms with E-state index >= 15 is 0 Å². The highest BCUT2D eigenvalue weighted by Gasteiger charge is 2.13. The molecular formula is C17H16BrNO. The van der Waals surface area contributed by atoms with Gasteiger partial charge in [0, 0.05) is 4.47 Å². The molecule has 2 aromatic carbocycles. The van der Waals surface area contributed by atoms with E-state index < -0.39 is 0 Å². The van der Waals surface area contributed by atoms with Gasteiger partial charge in [-0.2, -0.15) is 5.26 Å². The van der Waals surface area contributed by atoms with Crippen LogP contribution in [0.1, 0.15) is 31.9 Å². The number of benzene rings is 2. The van der Waals surface area contributed by atoms with Gasteiger partial charge in [-0.05, 0) is 51.2 Å². The lowest BCUT2D eigenvalue weighted by Gasteiger charge is -2.19. The van der Waals surface area contributed by atoms with Crippen LogP contribution in [-0.4, -0.2) is 0 Å². The maximum atomic E-state index is 9.17. The summed E-state index contributed by atoms with van der Waals surface area (Å²) in [5, 5.41) is 9.17. The second-order valence-corrected chi connectivity index (χ2v) is 6.46. The van der Waals surface area contributed by atoms with Crippen LogP contribution in [0.4, 0.5) is 0 Å². The van der Waals surface area contributed by atoms with Crippen molar-refractivity contribution in [1.29, 1.82) is 5.26 Å². The van der Waals surface area contributed by atoms with Crippen molar-refractivity contribution >= 4 is 15.9 Å². The first kappa shape index (κ1) is 14.6. The Morgan fingerprint density at radius 1 is 1.05 bits per heavy atom. The third kappa shape index (κ3) is 3.20. The van der Waals surface area contributed by atoms with Crippen LogP contribution in [0, 0.1) is 11.3 Å². The molecule has 0 radical (unpaired) electrons. The molecule has 20 heavy (non-hydrogen) atoms. The number of halogens is 1. The lowest BCUT2D eigenvalue weighted by atomic mass is 9.87. The number of nitriles is 1. The van der Waals surface area contributed by atoms with Crippen molar-refractivity contribution in [3.63, 3.8) is 0 Å². The number of hydrogen-bond acceptors (Lipinski definition) is 2. The molecule has 0 spiro atoms. The lowest BCUT2D eigenvalue weighted by Crippen LogP contribution is -2.10. The SMILES string of the molecule is CC(C)(C)c1ccc(Oc2cccc(Br)c2C#N)cc1. The minimum absolute atomic E-state index is 0.117. The Bertz CT molecular complexity index is 648. The van der Waals surface area contributed by atoms with E-state index in [1.165, 1.54) is 5.56 Å². The molecule has 0 N–H and O–H groups in total. The largest absolute Gasteiger partial charge is 0.456 e. The summed E-state index contributed by atoms with van der Waals surface area (Å²) >= 11 is 3.36. The molecule has 0 atom stereocenters. The fourth-order valence-electron chi connectivity index (χ4n) is 1.85. The molecule has 0 heterocycles. The molecule has 0 aliphatic rings. The molecule has 0 bridgehead atoms. The molecule has 3 heteroatoms. The Morgan fingerprint density at radius 3 is 2.25 bits per heavy atom. The van der Waals surface area contributed by atoms with Gasteiger partial charge in [-0.25, -0.2) is 0 Å². The molecule has 0 aliphatic carbocycles. The molecule has 0 aliphatic heterocycles. The van der Waals surface area contributed by atoms with Gasteiger partial charge in [-0.3, -0.25) is 0 Å². The molecule has 2 nitrogen and oxygen atoms in total. The number of hydrogen-bond donors (Lipinski definition) is 0. The summed E-state index contributed by atoms with van der Waals surface area (Å²) in [4.78, 5) is 0. The average Bonchev–Trinajstić information content (AvgIpc) is 2.38. The molecule has 0 aromatic heterocycles. The summed E-state index contributed by atoms with van der Waals surface area (Å²) in [7, 11) is 0. The Labute approximate surface area is 128 Å². The van der Waals surface area contributed by atoms with Crippen LogP contribution in [0.15, 0.2) is 46.9 Å². The van der Waals surface area contributed by atoms with Crippen LogP contribution >= 0.6 is 15.9 Å². The molecule has 0 amide bonds. The first-order chi connectivity index (χ1) is 9.41. The van der Waals surface area contributed by atoms with Gasteiger partial charge >= 0.3 is 0 Å². The zero-order chi connectivity index (χ0) is 14.8. The Balaban J connectivity index is 2.28.